The number of aromatic nitrogens is 1. The highest BCUT2D eigenvalue weighted by atomic mass is 35.5. The molecule has 0 unspecified atom stereocenters. The third-order valence-electron chi connectivity index (χ3n) is 6.08. The zero-order valence-corrected chi connectivity index (χ0v) is 22.5. The molecule has 4 N–H and O–H groups in total. The Bertz CT molecular complexity index is 1060. The molecule has 0 spiro atoms. The highest BCUT2D eigenvalue weighted by molar-refractivity contribution is 6.29. The predicted octanol–water partition coefficient (Wildman–Crippen LogP) is 4.68. The standard InChI is InChI=1S/C29H39ClN4O2/c1-20(2)13-15-31-27-18-23(17-26(30)34-27)28(36)33-24(16-22-8-6-5-7-9-22)25(35)19-32-29(3,4)14-12-21-10-11-21/h5-9,17-18,20-21,24-25,32,35H,10-11,13,15-16,19H2,1-4H3,(H,31,34)(H,33,36)/t24-,25+/m0/s1. The molecule has 3 rings (SSSR count). The van der Waals surface area contributed by atoms with Gasteiger partial charge in [-0.2, -0.15) is 0 Å². The molecule has 0 bridgehead atoms. The Morgan fingerprint density at radius 1 is 1.22 bits per heavy atom. The molecule has 36 heavy (non-hydrogen) atoms. The van der Waals surface area contributed by atoms with Crippen LogP contribution in [0.4, 0.5) is 5.82 Å². The molecule has 0 saturated heterocycles. The molecule has 0 aliphatic heterocycles. The van der Waals surface area contributed by atoms with Crippen LogP contribution in [0.15, 0.2) is 42.5 Å². The first-order valence-electron chi connectivity index (χ1n) is 12.8. The van der Waals surface area contributed by atoms with Gasteiger partial charge in [0.25, 0.3) is 5.91 Å². The van der Waals surface area contributed by atoms with Gasteiger partial charge < -0.3 is 15.7 Å². The summed E-state index contributed by atoms with van der Waals surface area (Å²) in [6.07, 6.45) is 2.99. The summed E-state index contributed by atoms with van der Waals surface area (Å²) in [5.74, 6) is 7.89. The van der Waals surface area contributed by atoms with E-state index in [9.17, 15) is 9.90 Å². The number of carbonyl (C=O) groups is 1. The van der Waals surface area contributed by atoms with Crippen LogP contribution in [0.5, 0.6) is 0 Å². The Hall–Kier alpha value is -2.59. The Morgan fingerprint density at radius 3 is 2.61 bits per heavy atom. The number of carbonyl (C=O) groups excluding carboxylic acids is 1. The lowest BCUT2D eigenvalue weighted by atomic mass is 9.99. The minimum atomic E-state index is -0.822. The third-order valence-corrected chi connectivity index (χ3v) is 6.28. The third kappa shape index (κ3) is 9.81. The van der Waals surface area contributed by atoms with Crippen LogP contribution >= 0.6 is 11.6 Å². The van der Waals surface area contributed by atoms with Crippen molar-refractivity contribution in [3.63, 3.8) is 0 Å². The van der Waals surface area contributed by atoms with Crippen LogP contribution in [0.25, 0.3) is 0 Å². The van der Waals surface area contributed by atoms with E-state index in [-0.39, 0.29) is 11.1 Å². The zero-order chi connectivity index (χ0) is 26.1. The Morgan fingerprint density at radius 2 is 1.94 bits per heavy atom. The zero-order valence-electron chi connectivity index (χ0n) is 21.8. The molecule has 0 radical (unpaired) electrons. The molecule has 1 heterocycles. The van der Waals surface area contributed by atoms with Gasteiger partial charge in [0.2, 0.25) is 0 Å². The van der Waals surface area contributed by atoms with Crippen molar-refractivity contribution in [3.8, 4) is 11.8 Å². The van der Waals surface area contributed by atoms with Crippen molar-refractivity contribution in [1.82, 2.24) is 15.6 Å². The van der Waals surface area contributed by atoms with E-state index in [0.29, 0.717) is 36.2 Å². The SMILES string of the molecule is CC(C)CCNc1cc(C(=O)N[C@@H](Cc2ccccc2)[C@H](O)CNC(C)(C)C#CC2CC2)cc(Cl)n1. The molecule has 7 heteroatoms. The Labute approximate surface area is 220 Å². The number of aliphatic hydroxyl groups excluding tert-OH is 1. The first kappa shape index (κ1) is 28.0. The van der Waals surface area contributed by atoms with Gasteiger partial charge in [-0.3, -0.25) is 10.1 Å². The molecule has 1 fully saturated rings. The normalized spacial score (nSPS) is 15.1. The summed E-state index contributed by atoms with van der Waals surface area (Å²) >= 11 is 6.22. The molecule has 1 aliphatic carbocycles. The van der Waals surface area contributed by atoms with Crippen LogP contribution in [0.2, 0.25) is 5.15 Å². The number of benzene rings is 1. The maximum absolute atomic E-state index is 13.2. The molecule has 2 atom stereocenters. The number of amides is 1. The van der Waals surface area contributed by atoms with E-state index in [1.54, 1.807) is 12.1 Å². The lowest BCUT2D eigenvalue weighted by Gasteiger charge is -2.28. The summed E-state index contributed by atoms with van der Waals surface area (Å²) in [6.45, 7) is 9.36. The van der Waals surface area contributed by atoms with Crippen molar-refractivity contribution >= 4 is 23.3 Å². The summed E-state index contributed by atoms with van der Waals surface area (Å²) in [5, 5.41) is 21.0. The molecule has 1 aromatic heterocycles. The minimum Gasteiger partial charge on any atom is -0.390 e. The van der Waals surface area contributed by atoms with E-state index in [1.807, 2.05) is 44.2 Å². The number of aliphatic hydroxyl groups is 1. The van der Waals surface area contributed by atoms with E-state index < -0.39 is 17.7 Å². The Kier molecular flexibility index (Phi) is 10.2. The van der Waals surface area contributed by atoms with Crippen molar-refractivity contribution in [2.75, 3.05) is 18.4 Å². The van der Waals surface area contributed by atoms with E-state index in [2.05, 4.69) is 46.6 Å². The van der Waals surface area contributed by atoms with Crippen LogP contribution < -0.4 is 16.0 Å². The highest BCUT2D eigenvalue weighted by Gasteiger charge is 2.26. The summed E-state index contributed by atoms with van der Waals surface area (Å²) in [5.41, 5.74) is 0.995. The first-order chi connectivity index (χ1) is 17.1. The van der Waals surface area contributed by atoms with Gasteiger partial charge in [0, 0.05) is 24.6 Å². The Balaban J connectivity index is 1.70. The van der Waals surface area contributed by atoms with Crippen molar-refractivity contribution in [3.05, 3.63) is 58.7 Å². The molecule has 2 aromatic rings. The number of rotatable bonds is 12. The van der Waals surface area contributed by atoms with Crippen LogP contribution in [0.3, 0.4) is 0 Å². The largest absolute Gasteiger partial charge is 0.390 e. The fourth-order valence-corrected chi connectivity index (χ4v) is 3.88. The molecule has 6 nitrogen and oxygen atoms in total. The van der Waals surface area contributed by atoms with E-state index in [1.165, 1.54) is 12.8 Å². The van der Waals surface area contributed by atoms with Gasteiger partial charge in [0.15, 0.2) is 0 Å². The maximum atomic E-state index is 13.2. The van der Waals surface area contributed by atoms with Crippen molar-refractivity contribution in [2.45, 2.75) is 71.1 Å². The minimum absolute atomic E-state index is 0.243. The predicted molar refractivity (Wildman–Crippen MR) is 147 cm³/mol. The smallest absolute Gasteiger partial charge is 0.251 e. The monoisotopic (exact) mass is 510 g/mol. The van der Waals surface area contributed by atoms with Crippen molar-refractivity contribution in [1.29, 1.82) is 0 Å². The fourth-order valence-electron chi connectivity index (χ4n) is 3.67. The number of halogens is 1. The molecular weight excluding hydrogens is 472 g/mol. The van der Waals surface area contributed by atoms with Crippen LogP contribution in [-0.4, -0.2) is 46.8 Å². The molecular formula is C29H39ClN4O2. The quantitative estimate of drug-likeness (QED) is 0.246. The first-order valence-corrected chi connectivity index (χ1v) is 13.2. The number of β-amino-alcohol motifs (C(OH)–C–C–N with tert-alkyl or cyclic N) is 1. The van der Waals surface area contributed by atoms with Gasteiger partial charge in [-0.25, -0.2) is 4.98 Å². The van der Waals surface area contributed by atoms with Gasteiger partial charge in [-0.15, -0.1) is 0 Å². The number of pyridine rings is 1. The lowest BCUT2D eigenvalue weighted by molar-refractivity contribution is 0.0821. The van der Waals surface area contributed by atoms with Gasteiger partial charge in [-0.05, 0) is 63.1 Å². The lowest BCUT2D eigenvalue weighted by Crippen LogP contribution is -2.52. The summed E-state index contributed by atoms with van der Waals surface area (Å²) in [6, 6.07) is 12.6. The average molecular weight is 511 g/mol. The summed E-state index contributed by atoms with van der Waals surface area (Å²) < 4.78 is 0. The molecule has 1 aromatic carbocycles. The van der Waals surface area contributed by atoms with Crippen LogP contribution in [0.1, 0.15) is 62.9 Å². The molecule has 1 aliphatic rings. The second-order valence-corrected chi connectivity index (χ2v) is 10.9. The van der Waals surface area contributed by atoms with Crippen LogP contribution in [0, 0.1) is 23.7 Å². The fraction of sp³-hybridized carbons (Fsp3) is 0.517. The number of hydrogen-bond donors (Lipinski definition) is 4. The van der Waals surface area contributed by atoms with Crippen molar-refractivity contribution < 1.29 is 9.90 Å². The van der Waals surface area contributed by atoms with Gasteiger partial charge >= 0.3 is 0 Å². The maximum Gasteiger partial charge on any atom is 0.251 e. The average Bonchev–Trinajstić information content (AvgIpc) is 3.66. The summed E-state index contributed by atoms with van der Waals surface area (Å²) in [7, 11) is 0. The topological polar surface area (TPSA) is 86.3 Å². The second kappa shape index (κ2) is 13.1. The molecule has 1 amide bonds. The van der Waals surface area contributed by atoms with Gasteiger partial charge in [0.1, 0.15) is 11.0 Å². The molecule has 1 saturated carbocycles. The number of anilines is 1. The van der Waals surface area contributed by atoms with Gasteiger partial charge in [-0.1, -0.05) is 67.6 Å². The van der Waals surface area contributed by atoms with Gasteiger partial charge in [0.05, 0.1) is 17.7 Å². The van der Waals surface area contributed by atoms with E-state index in [0.717, 1.165) is 18.5 Å². The van der Waals surface area contributed by atoms with Crippen molar-refractivity contribution in [2.24, 2.45) is 11.8 Å². The number of nitrogens with zero attached hydrogens (tertiary/aromatic N) is 1. The van der Waals surface area contributed by atoms with E-state index >= 15 is 0 Å². The second-order valence-electron chi connectivity index (χ2n) is 10.6. The highest BCUT2D eigenvalue weighted by Crippen LogP contribution is 2.27. The summed E-state index contributed by atoms with van der Waals surface area (Å²) in [4.78, 5) is 17.5. The molecule has 194 valence electrons. The van der Waals surface area contributed by atoms with E-state index in [4.69, 9.17) is 11.6 Å². The van der Waals surface area contributed by atoms with Crippen LogP contribution in [-0.2, 0) is 6.42 Å². The number of hydrogen-bond acceptors (Lipinski definition) is 5. The number of nitrogens with one attached hydrogen (secondary N) is 3.